The van der Waals surface area contributed by atoms with E-state index in [1.54, 1.807) is 36.4 Å². The molecule has 0 saturated carbocycles. The second-order valence-electron chi connectivity index (χ2n) is 9.48. The summed E-state index contributed by atoms with van der Waals surface area (Å²) in [5.74, 6) is 0.103. The number of nitrogens with one attached hydrogen (secondary N) is 1. The summed E-state index contributed by atoms with van der Waals surface area (Å²) in [6.45, 7) is 6.37. The van der Waals surface area contributed by atoms with Crippen molar-refractivity contribution in [2.24, 2.45) is 0 Å². The van der Waals surface area contributed by atoms with Gasteiger partial charge in [0.05, 0.1) is 10.6 Å². The molecule has 1 heterocycles. The number of carbonyl (C=O) groups excluding carboxylic acids is 2. The molecule has 1 aliphatic heterocycles. The molecular formula is C30H35N3O6S. The number of ether oxygens (including phenoxy) is 2. The Morgan fingerprint density at radius 3 is 2.25 bits per heavy atom. The van der Waals surface area contributed by atoms with Gasteiger partial charge in [-0.05, 0) is 50.1 Å². The number of benzene rings is 3. The molecule has 0 saturated heterocycles. The Morgan fingerprint density at radius 2 is 1.60 bits per heavy atom. The van der Waals surface area contributed by atoms with Crippen LogP contribution in [0, 0.1) is 6.92 Å². The van der Waals surface area contributed by atoms with E-state index >= 15 is 0 Å². The van der Waals surface area contributed by atoms with Crippen LogP contribution in [0.1, 0.15) is 31.4 Å². The average Bonchev–Trinajstić information content (AvgIpc) is 2.97. The van der Waals surface area contributed by atoms with E-state index in [0.29, 0.717) is 37.7 Å². The van der Waals surface area contributed by atoms with Gasteiger partial charge in [0.25, 0.3) is 10.0 Å². The summed E-state index contributed by atoms with van der Waals surface area (Å²) in [7, 11) is -4.16. The number of anilines is 1. The normalized spacial score (nSPS) is 13.3. The first-order chi connectivity index (χ1) is 19.2. The number of carbonyl (C=O) groups is 2. The lowest BCUT2D eigenvalue weighted by Gasteiger charge is -2.33. The van der Waals surface area contributed by atoms with E-state index in [4.69, 9.17) is 9.47 Å². The maximum absolute atomic E-state index is 14.1. The Balaban J connectivity index is 1.75. The highest BCUT2D eigenvalue weighted by Gasteiger charge is 2.34. The molecule has 10 heteroatoms. The number of aryl methyl sites for hydroxylation is 1. The molecule has 1 aliphatic rings. The summed E-state index contributed by atoms with van der Waals surface area (Å²) in [5, 5.41) is 2.81. The van der Waals surface area contributed by atoms with Crippen LogP contribution in [0.3, 0.4) is 0 Å². The molecule has 40 heavy (non-hydrogen) atoms. The van der Waals surface area contributed by atoms with Gasteiger partial charge in [-0.3, -0.25) is 13.9 Å². The Kier molecular flexibility index (Phi) is 9.31. The van der Waals surface area contributed by atoms with Crippen LogP contribution in [0.2, 0.25) is 0 Å². The third-order valence-corrected chi connectivity index (χ3v) is 8.42. The smallest absolute Gasteiger partial charge is 0.264 e. The second kappa shape index (κ2) is 12.9. The largest absolute Gasteiger partial charge is 0.486 e. The maximum atomic E-state index is 14.1. The number of sulfonamides is 1. The van der Waals surface area contributed by atoms with Gasteiger partial charge in [0, 0.05) is 19.2 Å². The van der Waals surface area contributed by atoms with Crippen LogP contribution in [0.25, 0.3) is 0 Å². The highest BCUT2D eigenvalue weighted by molar-refractivity contribution is 7.92. The van der Waals surface area contributed by atoms with Crippen molar-refractivity contribution in [2.45, 2.75) is 44.7 Å². The first-order valence-corrected chi connectivity index (χ1v) is 14.8. The van der Waals surface area contributed by atoms with Gasteiger partial charge in [-0.25, -0.2) is 8.42 Å². The molecule has 0 bridgehead atoms. The number of hydrogen-bond acceptors (Lipinski definition) is 6. The molecular weight excluding hydrogens is 530 g/mol. The van der Waals surface area contributed by atoms with Gasteiger partial charge < -0.3 is 19.7 Å². The molecule has 0 spiro atoms. The van der Waals surface area contributed by atoms with Gasteiger partial charge in [0.2, 0.25) is 11.8 Å². The lowest BCUT2D eigenvalue weighted by Crippen LogP contribution is -2.52. The summed E-state index contributed by atoms with van der Waals surface area (Å²) in [6, 6.07) is 19.6. The molecule has 0 aromatic heterocycles. The van der Waals surface area contributed by atoms with Gasteiger partial charge in [0.1, 0.15) is 25.8 Å². The number of rotatable bonds is 11. The summed E-state index contributed by atoms with van der Waals surface area (Å²) < 4.78 is 40.2. The quantitative estimate of drug-likeness (QED) is 0.378. The molecule has 0 aliphatic carbocycles. The van der Waals surface area contributed by atoms with Crippen LogP contribution in [0.4, 0.5) is 5.69 Å². The standard InChI is InChI=1S/C30H35N3O6S/c1-4-26(30(35)31-5-2)32(20-23-13-11-22(3)12-14-23)29(34)21-33(40(36,37)25-9-7-6-8-10-25)24-15-16-27-28(19-24)39-18-17-38-27/h6-16,19,26H,4-5,17-18,20-21H2,1-3H3,(H,31,35)/t26-/m0/s1. The number of likely N-dealkylation sites (N-methyl/N-ethyl adjacent to an activating group) is 1. The van der Waals surface area contributed by atoms with Crippen LogP contribution >= 0.6 is 0 Å². The van der Waals surface area contributed by atoms with Crippen LogP contribution in [0.5, 0.6) is 11.5 Å². The van der Waals surface area contributed by atoms with Crippen molar-refractivity contribution in [3.8, 4) is 11.5 Å². The van der Waals surface area contributed by atoms with Gasteiger partial charge in [0.15, 0.2) is 11.5 Å². The molecule has 2 amide bonds. The summed E-state index contributed by atoms with van der Waals surface area (Å²) in [6.07, 6.45) is 0.360. The fraction of sp³-hybridized carbons (Fsp3) is 0.333. The Labute approximate surface area is 235 Å². The number of nitrogens with zero attached hydrogens (tertiary/aromatic N) is 2. The minimum Gasteiger partial charge on any atom is -0.486 e. The van der Waals surface area contributed by atoms with Gasteiger partial charge in [-0.1, -0.05) is 55.0 Å². The first kappa shape index (κ1) is 28.9. The fourth-order valence-corrected chi connectivity index (χ4v) is 5.96. The first-order valence-electron chi connectivity index (χ1n) is 13.3. The van der Waals surface area contributed by atoms with E-state index in [1.165, 1.54) is 17.0 Å². The third-order valence-electron chi connectivity index (χ3n) is 6.63. The van der Waals surface area contributed by atoms with Crippen molar-refractivity contribution >= 4 is 27.5 Å². The van der Waals surface area contributed by atoms with Crippen LogP contribution in [-0.4, -0.2) is 57.5 Å². The van der Waals surface area contributed by atoms with E-state index in [0.717, 1.165) is 15.4 Å². The fourth-order valence-electron chi connectivity index (χ4n) is 4.54. The predicted molar refractivity (Wildman–Crippen MR) is 153 cm³/mol. The highest BCUT2D eigenvalue weighted by atomic mass is 32.2. The maximum Gasteiger partial charge on any atom is 0.264 e. The van der Waals surface area contributed by atoms with Crippen molar-refractivity contribution in [3.05, 3.63) is 83.9 Å². The highest BCUT2D eigenvalue weighted by Crippen LogP contribution is 2.36. The van der Waals surface area contributed by atoms with Crippen molar-refractivity contribution in [1.29, 1.82) is 0 Å². The molecule has 9 nitrogen and oxygen atoms in total. The molecule has 3 aromatic rings. The number of hydrogen-bond donors (Lipinski definition) is 1. The van der Waals surface area contributed by atoms with Crippen LogP contribution < -0.4 is 19.1 Å². The summed E-state index contributed by atoms with van der Waals surface area (Å²) >= 11 is 0. The Bertz CT molecular complexity index is 1430. The minimum atomic E-state index is -4.16. The molecule has 4 rings (SSSR count). The molecule has 1 N–H and O–H groups in total. The van der Waals surface area contributed by atoms with Crippen molar-refractivity contribution in [3.63, 3.8) is 0 Å². The zero-order valence-electron chi connectivity index (χ0n) is 23.0. The van der Waals surface area contributed by atoms with E-state index in [9.17, 15) is 18.0 Å². The van der Waals surface area contributed by atoms with Crippen LogP contribution in [0.15, 0.2) is 77.7 Å². The molecule has 1 atom stereocenters. The molecule has 212 valence electrons. The molecule has 0 radical (unpaired) electrons. The van der Waals surface area contributed by atoms with E-state index in [2.05, 4.69) is 5.32 Å². The van der Waals surface area contributed by atoms with Gasteiger partial charge in [-0.15, -0.1) is 0 Å². The lowest BCUT2D eigenvalue weighted by atomic mass is 10.1. The molecule has 0 unspecified atom stereocenters. The van der Waals surface area contributed by atoms with E-state index in [1.807, 2.05) is 45.0 Å². The number of amides is 2. The van der Waals surface area contributed by atoms with E-state index in [-0.39, 0.29) is 23.0 Å². The average molecular weight is 566 g/mol. The number of fused-ring (bicyclic) bond motifs is 1. The minimum absolute atomic E-state index is 0.0403. The van der Waals surface area contributed by atoms with Gasteiger partial charge in [-0.2, -0.15) is 0 Å². The topological polar surface area (TPSA) is 105 Å². The lowest BCUT2D eigenvalue weighted by molar-refractivity contribution is -0.140. The molecule has 3 aromatic carbocycles. The predicted octanol–water partition coefficient (Wildman–Crippen LogP) is 3.91. The SMILES string of the molecule is CCNC(=O)[C@H](CC)N(Cc1ccc(C)cc1)C(=O)CN(c1ccc2c(c1)OCCO2)S(=O)(=O)c1ccccc1. The molecule has 0 fully saturated rings. The van der Waals surface area contributed by atoms with Crippen molar-refractivity contribution < 1.29 is 27.5 Å². The Morgan fingerprint density at radius 1 is 0.925 bits per heavy atom. The van der Waals surface area contributed by atoms with Crippen molar-refractivity contribution in [1.82, 2.24) is 10.2 Å². The van der Waals surface area contributed by atoms with E-state index < -0.39 is 28.5 Å². The summed E-state index contributed by atoms with van der Waals surface area (Å²) in [5.41, 5.74) is 2.15. The van der Waals surface area contributed by atoms with Gasteiger partial charge >= 0.3 is 0 Å². The zero-order chi connectivity index (χ0) is 28.7. The van der Waals surface area contributed by atoms with Crippen LogP contribution in [-0.2, 0) is 26.2 Å². The van der Waals surface area contributed by atoms with Crippen molar-refractivity contribution in [2.75, 3.05) is 30.6 Å². The summed E-state index contributed by atoms with van der Waals surface area (Å²) in [4.78, 5) is 28.6. The second-order valence-corrected chi connectivity index (χ2v) is 11.3. The zero-order valence-corrected chi connectivity index (χ0v) is 23.8. The third kappa shape index (κ3) is 6.56. The monoisotopic (exact) mass is 565 g/mol. The Hall–Kier alpha value is -4.05.